The molecule has 11 nitrogen and oxygen atoms in total. The SMILES string of the molecule is CCCc1c(OCCC=CC=C[C@H](Sc2ccc3c(=O)cc(C(=O)O)oc3c2)[C@H](O)c2coc(C(=O)O)c2)ccc(C(C)=O)c1O. The lowest BCUT2D eigenvalue weighted by Crippen LogP contribution is -2.12. The molecule has 0 fully saturated rings. The summed E-state index contributed by atoms with van der Waals surface area (Å²) < 4.78 is 16.3. The van der Waals surface area contributed by atoms with Crippen LogP contribution in [0.3, 0.4) is 0 Å². The standard InChI is InChI=1S/C34H32O11S/c1-3-8-24-26(13-12-22(19(2)35)32(24)38)43-14-7-5-4-6-9-30(31(37)20-15-28(33(39)40)44-18-20)46-21-10-11-23-25(36)17-29(34(41)42)45-27(23)16-21/h4-6,9-13,15-18,30-31,37-38H,3,7-8,14H2,1-2H3,(H,39,40)(H,41,42)/t30-,31+/m0/s1. The Labute approximate surface area is 267 Å². The van der Waals surface area contributed by atoms with E-state index >= 15 is 0 Å². The van der Waals surface area contributed by atoms with Gasteiger partial charge in [-0.2, -0.15) is 0 Å². The molecule has 4 rings (SSSR count). The summed E-state index contributed by atoms with van der Waals surface area (Å²) in [6, 6.07) is 10.00. The van der Waals surface area contributed by atoms with Crippen molar-refractivity contribution in [2.75, 3.05) is 6.61 Å². The number of carbonyl (C=O) groups is 3. The predicted molar refractivity (Wildman–Crippen MR) is 170 cm³/mol. The Kier molecular flexibility index (Phi) is 11.2. The van der Waals surface area contributed by atoms with Crippen molar-refractivity contribution >= 4 is 40.5 Å². The molecule has 0 amide bonds. The highest BCUT2D eigenvalue weighted by Gasteiger charge is 2.24. The van der Waals surface area contributed by atoms with Gasteiger partial charge in [-0.1, -0.05) is 37.6 Å². The van der Waals surface area contributed by atoms with Gasteiger partial charge in [0.05, 0.1) is 35.2 Å². The zero-order chi connectivity index (χ0) is 33.4. The molecule has 2 aromatic heterocycles. The van der Waals surface area contributed by atoms with Crippen molar-refractivity contribution in [3.05, 3.63) is 111 Å². The molecule has 2 atom stereocenters. The van der Waals surface area contributed by atoms with Crippen LogP contribution in [0, 0.1) is 0 Å². The van der Waals surface area contributed by atoms with Crippen molar-refractivity contribution in [1.82, 2.24) is 0 Å². The van der Waals surface area contributed by atoms with E-state index in [1.807, 2.05) is 13.0 Å². The number of Topliss-reactive ketones (excluding diaryl/α,β-unsaturated/α-hetero) is 1. The molecule has 0 aliphatic heterocycles. The molecule has 0 aliphatic rings. The fraction of sp³-hybridized carbons (Fsp3) is 0.235. The van der Waals surface area contributed by atoms with Crippen molar-refractivity contribution in [1.29, 1.82) is 0 Å². The summed E-state index contributed by atoms with van der Waals surface area (Å²) in [5, 5.41) is 39.7. The number of aromatic carboxylic acids is 2. The summed E-state index contributed by atoms with van der Waals surface area (Å²) >= 11 is 1.18. The van der Waals surface area contributed by atoms with E-state index in [4.69, 9.17) is 13.6 Å². The first-order valence-corrected chi connectivity index (χ1v) is 15.2. The number of phenolic OH excluding ortho intramolecular Hbond substituents is 1. The first-order valence-electron chi connectivity index (χ1n) is 14.3. The van der Waals surface area contributed by atoms with Gasteiger partial charge in [0.2, 0.25) is 11.5 Å². The van der Waals surface area contributed by atoms with Crippen molar-refractivity contribution in [2.45, 2.75) is 49.4 Å². The maximum Gasteiger partial charge on any atom is 0.371 e. The van der Waals surface area contributed by atoms with Crippen molar-refractivity contribution < 1.29 is 48.4 Å². The molecule has 0 saturated heterocycles. The number of carbonyl (C=O) groups excluding carboxylic acids is 1. The van der Waals surface area contributed by atoms with Gasteiger partial charge in [0.25, 0.3) is 0 Å². The number of carboxylic acid groups (broad SMARTS) is 2. The molecule has 2 heterocycles. The Morgan fingerprint density at radius 2 is 1.78 bits per heavy atom. The van der Waals surface area contributed by atoms with E-state index in [0.717, 1.165) is 18.8 Å². The third kappa shape index (κ3) is 8.14. The number of benzene rings is 2. The van der Waals surface area contributed by atoms with Crippen LogP contribution in [-0.4, -0.2) is 50.0 Å². The smallest absolute Gasteiger partial charge is 0.371 e. The Bertz CT molecular complexity index is 1860. The molecule has 46 heavy (non-hydrogen) atoms. The van der Waals surface area contributed by atoms with Crippen LogP contribution in [0.15, 0.2) is 91.6 Å². The second-order valence-corrected chi connectivity index (χ2v) is 11.5. The van der Waals surface area contributed by atoms with Gasteiger partial charge in [-0.25, -0.2) is 9.59 Å². The number of carboxylic acids is 2. The first-order chi connectivity index (χ1) is 22.0. The number of hydrogen-bond donors (Lipinski definition) is 4. The van der Waals surface area contributed by atoms with Gasteiger partial charge in [0, 0.05) is 22.1 Å². The van der Waals surface area contributed by atoms with Crippen LogP contribution in [0.5, 0.6) is 11.5 Å². The highest BCUT2D eigenvalue weighted by Crippen LogP contribution is 2.36. The average Bonchev–Trinajstić information content (AvgIpc) is 3.52. The number of hydrogen-bond acceptors (Lipinski definition) is 10. The monoisotopic (exact) mass is 648 g/mol. The third-order valence-electron chi connectivity index (χ3n) is 6.88. The highest BCUT2D eigenvalue weighted by molar-refractivity contribution is 8.00. The molecule has 0 radical (unpaired) electrons. The van der Waals surface area contributed by atoms with Gasteiger partial charge in [-0.05, 0) is 56.2 Å². The number of aliphatic hydroxyl groups is 1. The number of ketones is 1. The van der Waals surface area contributed by atoms with E-state index in [9.17, 15) is 39.6 Å². The minimum Gasteiger partial charge on any atom is -0.507 e. The van der Waals surface area contributed by atoms with E-state index < -0.39 is 34.5 Å². The van der Waals surface area contributed by atoms with Crippen LogP contribution < -0.4 is 10.2 Å². The number of thioether (sulfide) groups is 1. The van der Waals surface area contributed by atoms with Gasteiger partial charge in [0.15, 0.2) is 11.2 Å². The largest absolute Gasteiger partial charge is 0.507 e. The Morgan fingerprint density at radius 3 is 2.46 bits per heavy atom. The lowest BCUT2D eigenvalue weighted by atomic mass is 10.0. The van der Waals surface area contributed by atoms with Gasteiger partial charge in [0.1, 0.15) is 17.1 Å². The second-order valence-electron chi connectivity index (χ2n) is 10.2. The number of rotatable bonds is 15. The summed E-state index contributed by atoms with van der Waals surface area (Å²) in [5.74, 6) is -3.28. The average molecular weight is 649 g/mol. The Balaban J connectivity index is 1.50. The molecule has 0 bridgehead atoms. The molecule has 4 N–H and O–H groups in total. The summed E-state index contributed by atoms with van der Waals surface area (Å²) in [7, 11) is 0. The summed E-state index contributed by atoms with van der Waals surface area (Å²) in [6.07, 6.45) is 8.77. The molecule has 0 saturated carbocycles. The highest BCUT2D eigenvalue weighted by atomic mass is 32.2. The molecule has 0 aliphatic carbocycles. The molecule has 4 aromatic rings. The predicted octanol–water partition coefficient (Wildman–Crippen LogP) is 6.42. The number of furan rings is 1. The second kappa shape index (κ2) is 15.3. The zero-order valence-electron chi connectivity index (χ0n) is 25.0. The molecule has 0 unspecified atom stereocenters. The van der Waals surface area contributed by atoms with Crippen LogP contribution >= 0.6 is 11.8 Å². The van der Waals surface area contributed by atoms with Gasteiger partial charge >= 0.3 is 11.9 Å². The maximum atomic E-state index is 12.3. The molecule has 2 aromatic carbocycles. The van der Waals surface area contributed by atoms with E-state index in [-0.39, 0.29) is 39.4 Å². The first kappa shape index (κ1) is 33.8. The van der Waals surface area contributed by atoms with Gasteiger partial charge in [-0.3, -0.25) is 9.59 Å². The Hall–Kier alpha value is -5.07. The van der Waals surface area contributed by atoms with Crippen LogP contribution in [0.25, 0.3) is 11.0 Å². The van der Waals surface area contributed by atoms with Gasteiger partial charge in [-0.15, -0.1) is 11.8 Å². The minimum absolute atomic E-state index is 0.0589. The van der Waals surface area contributed by atoms with Crippen LogP contribution in [0.1, 0.15) is 75.4 Å². The van der Waals surface area contributed by atoms with E-state index in [1.54, 1.807) is 36.4 Å². The summed E-state index contributed by atoms with van der Waals surface area (Å²) in [6.45, 7) is 3.66. The molecular weight excluding hydrogens is 616 g/mol. The lowest BCUT2D eigenvalue weighted by molar-refractivity contribution is 0.0653. The van der Waals surface area contributed by atoms with E-state index in [2.05, 4.69) is 0 Å². The van der Waals surface area contributed by atoms with Crippen molar-refractivity contribution in [2.24, 2.45) is 0 Å². The normalized spacial score (nSPS) is 12.9. The molecule has 12 heteroatoms. The topological polar surface area (TPSA) is 185 Å². The maximum absolute atomic E-state index is 12.3. The quantitative estimate of drug-likeness (QED) is 0.0481. The Morgan fingerprint density at radius 1 is 1.02 bits per heavy atom. The number of allylic oxidation sites excluding steroid dienone is 2. The zero-order valence-corrected chi connectivity index (χ0v) is 25.8. The van der Waals surface area contributed by atoms with Crippen molar-refractivity contribution in [3.8, 4) is 11.5 Å². The summed E-state index contributed by atoms with van der Waals surface area (Å²) in [4.78, 5) is 47.4. The van der Waals surface area contributed by atoms with Crippen LogP contribution in [0.4, 0.5) is 0 Å². The van der Waals surface area contributed by atoms with E-state index in [1.165, 1.54) is 36.9 Å². The third-order valence-corrected chi connectivity index (χ3v) is 8.09. The number of aliphatic hydroxyl groups excluding tert-OH is 1. The molecule has 0 spiro atoms. The van der Waals surface area contributed by atoms with Crippen LogP contribution in [0.2, 0.25) is 0 Å². The lowest BCUT2D eigenvalue weighted by Gasteiger charge is -2.18. The minimum atomic E-state index is -1.38. The number of phenols is 1. The molecular formula is C34H32O11S. The fourth-order valence-electron chi connectivity index (χ4n) is 4.60. The molecule has 240 valence electrons. The number of aromatic hydroxyl groups is 1. The number of fused-ring (bicyclic) bond motifs is 1. The van der Waals surface area contributed by atoms with Crippen molar-refractivity contribution in [3.63, 3.8) is 0 Å². The fourth-order valence-corrected chi connectivity index (χ4v) is 5.69. The number of ether oxygens (including phenoxy) is 1. The summed E-state index contributed by atoms with van der Waals surface area (Å²) in [5.41, 5.74) is 0.634. The van der Waals surface area contributed by atoms with Crippen LogP contribution in [-0.2, 0) is 6.42 Å². The van der Waals surface area contributed by atoms with Gasteiger partial charge < -0.3 is 34.0 Å². The van der Waals surface area contributed by atoms with E-state index in [0.29, 0.717) is 35.7 Å².